The van der Waals surface area contributed by atoms with Gasteiger partial charge in [-0.25, -0.2) is 0 Å². The van der Waals surface area contributed by atoms with Crippen molar-refractivity contribution in [2.75, 3.05) is 26.3 Å². The molecular weight excluding hydrogens is 224 g/mol. The van der Waals surface area contributed by atoms with Gasteiger partial charge in [-0.3, -0.25) is 0 Å². The molecule has 0 bridgehead atoms. The molecule has 3 aliphatic heterocycles. The van der Waals surface area contributed by atoms with Gasteiger partial charge in [0, 0.05) is 24.7 Å². The van der Waals surface area contributed by atoms with E-state index in [2.05, 4.69) is 17.1 Å². The first-order valence-electron chi connectivity index (χ1n) is 7.94. The molecule has 104 valence electrons. The summed E-state index contributed by atoms with van der Waals surface area (Å²) in [5.74, 6) is 0.761. The Morgan fingerprint density at radius 3 is 3.00 bits per heavy atom. The lowest BCUT2D eigenvalue weighted by Crippen LogP contribution is -2.50. The van der Waals surface area contributed by atoms with E-state index in [4.69, 9.17) is 4.74 Å². The normalized spacial score (nSPS) is 38.8. The molecular formula is C15H28N2O. The van der Waals surface area contributed by atoms with E-state index in [0.717, 1.165) is 31.2 Å². The molecule has 4 atom stereocenters. The Balaban J connectivity index is 1.51. The zero-order chi connectivity index (χ0) is 12.4. The van der Waals surface area contributed by atoms with Crippen LogP contribution in [0.4, 0.5) is 0 Å². The molecule has 3 heterocycles. The predicted octanol–water partition coefficient (Wildman–Crippen LogP) is 2.02. The molecule has 0 spiro atoms. The van der Waals surface area contributed by atoms with Crippen LogP contribution in [0.15, 0.2) is 0 Å². The Labute approximate surface area is 111 Å². The van der Waals surface area contributed by atoms with E-state index in [0.29, 0.717) is 6.04 Å². The molecule has 0 radical (unpaired) electrons. The molecule has 0 amide bonds. The van der Waals surface area contributed by atoms with Crippen molar-refractivity contribution >= 4 is 0 Å². The molecule has 0 aliphatic carbocycles. The number of fused-ring (bicyclic) bond motifs is 1. The van der Waals surface area contributed by atoms with Gasteiger partial charge >= 0.3 is 0 Å². The summed E-state index contributed by atoms with van der Waals surface area (Å²) in [5.41, 5.74) is 0. The van der Waals surface area contributed by atoms with Crippen LogP contribution in [0, 0.1) is 5.92 Å². The number of nitrogens with one attached hydrogen (secondary N) is 1. The molecule has 0 aromatic heterocycles. The van der Waals surface area contributed by atoms with Gasteiger partial charge in [-0.2, -0.15) is 0 Å². The standard InChI is InChI=1S/C15H28N2O/c1-2-15(12-6-9-18-11-12)16-13-5-8-17-7-3-4-14(17)10-13/h12-16H,2-11H2,1H3. The second-order valence-corrected chi connectivity index (χ2v) is 6.36. The van der Waals surface area contributed by atoms with E-state index >= 15 is 0 Å². The summed E-state index contributed by atoms with van der Waals surface area (Å²) < 4.78 is 5.55. The van der Waals surface area contributed by atoms with E-state index < -0.39 is 0 Å². The number of rotatable bonds is 4. The average molecular weight is 252 g/mol. The summed E-state index contributed by atoms with van der Waals surface area (Å²) in [4.78, 5) is 2.71. The van der Waals surface area contributed by atoms with Crippen molar-refractivity contribution in [3.8, 4) is 0 Å². The number of hydrogen-bond donors (Lipinski definition) is 1. The van der Waals surface area contributed by atoms with Crippen LogP contribution in [0.5, 0.6) is 0 Å². The molecule has 4 unspecified atom stereocenters. The van der Waals surface area contributed by atoms with Crippen LogP contribution in [0.3, 0.4) is 0 Å². The Morgan fingerprint density at radius 1 is 1.28 bits per heavy atom. The van der Waals surface area contributed by atoms with Gasteiger partial charge in [0.1, 0.15) is 0 Å². The van der Waals surface area contributed by atoms with Crippen LogP contribution in [0.1, 0.15) is 45.4 Å². The third-order valence-corrected chi connectivity index (χ3v) is 5.24. The smallest absolute Gasteiger partial charge is 0.0510 e. The first-order chi connectivity index (χ1) is 8.86. The molecule has 0 aromatic carbocycles. The highest BCUT2D eigenvalue weighted by atomic mass is 16.5. The van der Waals surface area contributed by atoms with Crippen molar-refractivity contribution in [2.24, 2.45) is 5.92 Å². The Bertz CT molecular complexity index is 265. The molecule has 18 heavy (non-hydrogen) atoms. The molecule has 3 heteroatoms. The van der Waals surface area contributed by atoms with Crippen molar-refractivity contribution in [1.82, 2.24) is 10.2 Å². The second-order valence-electron chi connectivity index (χ2n) is 6.36. The SMILES string of the molecule is CCC(NC1CCN2CCCC2C1)C1CCOC1. The van der Waals surface area contributed by atoms with E-state index in [-0.39, 0.29) is 0 Å². The van der Waals surface area contributed by atoms with Gasteiger partial charge in [0.2, 0.25) is 0 Å². The Morgan fingerprint density at radius 2 is 2.22 bits per heavy atom. The van der Waals surface area contributed by atoms with Crippen LogP contribution >= 0.6 is 0 Å². The molecule has 0 aromatic rings. The van der Waals surface area contributed by atoms with Gasteiger partial charge in [0.05, 0.1) is 6.61 Å². The minimum atomic E-state index is 0.686. The fourth-order valence-corrected chi connectivity index (χ4v) is 4.14. The number of nitrogens with zero attached hydrogens (tertiary/aromatic N) is 1. The number of piperidine rings is 1. The zero-order valence-electron chi connectivity index (χ0n) is 11.7. The first kappa shape index (κ1) is 12.9. The summed E-state index contributed by atoms with van der Waals surface area (Å²) in [6, 6.07) is 2.33. The molecule has 1 N–H and O–H groups in total. The van der Waals surface area contributed by atoms with Gasteiger partial charge in [0.15, 0.2) is 0 Å². The van der Waals surface area contributed by atoms with Gasteiger partial charge in [-0.05, 0) is 57.5 Å². The van der Waals surface area contributed by atoms with Crippen LogP contribution in [-0.2, 0) is 4.74 Å². The van der Waals surface area contributed by atoms with E-state index in [1.54, 1.807) is 0 Å². The summed E-state index contributed by atoms with van der Waals surface area (Å²) in [7, 11) is 0. The molecule has 3 saturated heterocycles. The fourth-order valence-electron chi connectivity index (χ4n) is 4.14. The van der Waals surface area contributed by atoms with E-state index in [9.17, 15) is 0 Å². The maximum atomic E-state index is 5.55. The second kappa shape index (κ2) is 5.89. The van der Waals surface area contributed by atoms with E-state index in [1.165, 1.54) is 51.6 Å². The molecule has 0 saturated carbocycles. The minimum absolute atomic E-state index is 0.686. The highest BCUT2D eigenvalue weighted by Crippen LogP contribution is 2.28. The maximum absolute atomic E-state index is 5.55. The Kier molecular flexibility index (Phi) is 4.22. The number of hydrogen-bond acceptors (Lipinski definition) is 3. The van der Waals surface area contributed by atoms with Crippen molar-refractivity contribution in [3.63, 3.8) is 0 Å². The lowest BCUT2D eigenvalue weighted by atomic mass is 9.92. The fraction of sp³-hybridized carbons (Fsp3) is 1.00. The average Bonchev–Trinajstić information content (AvgIpc) is 3.06. The van der Waals surface area contributed by atoms with Crippen LogP contribution in [0.25, 0.3) is 0 Å². The lowest BCUT2D eigenvalue weighted by Gasteiger charge is -2.38. The van der Waals surface area contributed by atoms with Gasteiger partial charge in [-0.15, -0.1) is 0 Å². The summed E-state index contributed by atoms with van der Waals surface area (Å²) in [6.07, 6.45) is 8.09. The van der Waals surface area contributed by atoms with Crippen molar-refractivity contribution in [2.45, 2.75) is 63.6 Å². The first-order valence-corrected chi connectivity index (χ1v) is 7.94. The molecule has 3 rings (SSSR count). The largest absolute Gasteiger partial charge is 0.381 e. The molecule has 3 aliphatic rings. The van der Waals surface area contributed by atoms with Crippen LogP contribution in [0.2, 0.25) is 0 Å². The van der Waals surface area contributed by atoms with Crippen molar-refractivity contribution < 1.29 is 4.74 Å². The zero-order valence-corrected chi connectivity index (χ0v) is 11.7. The third-order valence-electron chi connectivity index (χ3n) is 5.24. The highest BCUT2D eigenvalue weighted by molar-refractivity contribution is 4.91. The third kappa shape index (κ3) is 2.73. The van der Waals surface area contributed by atoms with Crippen LogP contribution in [-0.4, -0.2) is 49.3 Å². The van der Waals surface area contributed by atoms with E-state index in [1.807, 2.05) is 0 Å². The summed E-state index contributed by atoms with van der Waals surface area (Å²) in [6.45, 7) is 6.95. The van der Waals surface area contributed by atoms with Gasteiger partial charge in [-0.1, -0.05) is 6.92 Å². The predicted molar refractivity (Wildman–Crippen MR) is 73.8 cm³/mol. The summed E-state index contributed by atoms with van der Waals surface area (Å²) >= 11 is 0. The lowest BCUT2D eigenvalue weighted by molar-refractivity contribution is 0.143. The Hall–Kier alpha value is -0.120. The quantitative estimate of drug-likeness (QED) is 0.828. The number of ether oxygens (including phenoxy) is 1. The minimum Gasteiger partial charge on any atom is -0.381 e. The van der Waals surface area contributed by atoms with Crippen molar-refractivity contribution in [1.29, 1.82) is 0 Å². The van der Waals surface area contributed by atoms with Crippen molar-refractivity contribution in [3.05, 3.63) is 0 Å². The molecule has 3 nitrogen and oxygen atoms in total. The summed E-state index contributed by atoms with van der Waals surface area (Å²) in [5, 5.41) is 3.95. The molecule has 3 fully saturated rings. The van der Waals surface area contributed by atoms with Crippen LogP contribution < -0.4 is 5.32 Å². The highest BCUT2D eigenvalue weighted by Gasteiger charge is 2.33. The topological polar surface area (TPSA) is 24.5 Å². The monoisotopic (exact) mass is 252 g/mol. The van der Waals surface area contributed by atoms with Gasteiger partial charge in [0.25, 0.3) is 0 Å². The maximum Gasteiger partial charge on any atom is 0.0510 e. The van der Waals surface area contributed by atoms with Gasteiger partial charge < -0.3 is 15.0 Å².